The number of carbonyl (C=O) groups excluding carboxylic acids is 1. The molecule has 126 valence electrons. The second kappa shape index (κ2) is 6.91. The highest BCUT2D eigenvalue weighted by atomic mass is 35.5. The molecule has 1 aromatic heterocycles. The van der Waals surface area contributed by atoms with Gasteiger partial charge in [0.15, 0.2) is 9.84 Å². The van der Waals surface area contributed by atoms with Gasteiger partial charge in [-0.15, -0.1) is 0 Å². The normalized spacial score (nSPS) is 15.7. The van der Waals surface area contributed by atoms with Gasteiger partial charge in [0.05, 0.1) is 4.90 Å². The maximum absolute atomic E-state index is 13.0. The predicted octanol–water partition coefficient (Wildman–Crippen LogP) is 2.78. The highest BCUT2D eigenvalue weighted by Crippen LogP contribution is 2.31. The zero-order valence-electron chi connectivity index (χ0n) is 12.9. The van der Waals surface area contributed by atoms with Crippen molar-refractivity contribution >= 4 is 27.3 Å². The Morgan fingerprint density at radius 2 is 1.96 bits per heavy atom. The number of carbonyl (C=O) groups is 1. The van der Waals surface area contributed by atoms with Crippen LogP contribution in [0.5, 0.6) is 0 Å². The first-order chi connectivity index (χ1) is 11.5. The molecule has 0 aliphatic heterocycles. The van der Waals surface area contributed by atoms with Crippen LogP contribution in [0.3, 0.4) is 0 Å². The molecule has 1 heterocycles. The maximum atomic E-state index is 13.0. The van der Waals surface area contributed by atoms with E-state index >= 15 is 0 Å². The molecule has 5 nitrogen and oxygen atoms in total. The summed E-state index contributed by atoms with van der Waals surface area (Å²) < 4.78 is 26.0. The van der Waals surface area contributed by atoms with E-state index in [4.69, 9.17) is 11.6 Å². The number of benzene rings is 1. The molecule has 2 aromatic rings. The van der Waals surface area contributed by atoms with Gasteiger partial charge in [-0.1, -0.05) is 17.7 Å². The largest absolute Gasteiger partial charge is 0.354 e. The fourth-order valence-electron chi connectivity index (χ4n) is 2.44. The molecule has 0 saturated heterocycles. The fraction of sp³-hybridized carbons (Fsp3) is 0.294. The molecule has 3 rings (SSSR count). The Hall–Kier alpha value is -1.92. The molecule has 1 saturated carbocycles. The highest BCUT2D eigenvalue weighted by Gasteiger charge is 2.33. The summed E-state index contributed by atoms with van der Waals surface area (Å²) in [6.07, 6.45) is 4.83. The van der Waals surface area contributed by atoms with Gasteiger partial charge < -0.3 is 5.32 Å². The van der Waals surface area contributed by atoms with Crippen LogP contribution in [-0.4, -0.2) is 25.9 Å². The number of nitrogens with zero attached hydrogens (tertiary/aromatic N) is 1. The number of aromatic nitrogens is 1. The third-order valence-electron chi connectivity index (χ3n) is 3.98. The lowest BCUT2D eigenvalue weighted by atomic mass is 10.2. The van der Waals surface area contributed by atoms with Gasteiger partial charge in [-0.25, -0.2) is 8.42 Å². The van der Waals surface area contributed by atoms with Crippen molar-refractivity contribution in [2.75, 3.05) is 6.54 Å². The van der Waals surface area contributed by atoms with Crippen molar-refractivity contribution in [2.24, 2.45) is 5.92 Å². The number of sulfone groups is 1. The summed E-state index contributed by atoms with van der Waals surface area (Å²) in [6, 6.07) is 9.42. The summed E-state index contributed by atoms with van der Waals surface area (Å²) in [4.78, 5) is 16.1. The third kappa shape index (κ3) is 3.76. The van der Waals surface area contributed by atoms with E-state index in [-0.39, 0.29) is 23.3 Å². The monoisotopic (exact) mass is 364 g/mol. The quantitative estimate of drug-likeness (QED) is 0.855. The van der Waals surface area contributed by atoms with Crippen LogP contribution in [0, 0.1) is 5.92 Å². The molecule has 1 amide bonds. The van der Waals surface area contributed by atoms with Crippen LogP contribution in [0.1, 0.15) is 23.7 Å². The molecule has 24 heavy (non-hydrogen) atoms. The van der Waals surface area contributed by atoms with E-state index in [9.17, 15) is 13.2 Å². The first kappa shape index (κ1) is 16.9. The van der Waals surface area contributed by atoms with Gasteiger partial charge >= 0.3 is 0 Å². The van der Waals surface area contributed by atoms with E-state index in [0.29, 0.717) is 10.6 Å². The van der Waals surface area contributed by atoms with E-state index in [1.807, 2.05) is 0 Å². The lowest BCUT2D eigenvalue weighted by Crippen LogP contribution is -2.32. The Bertz CT molecular complexity index is 819. The van der Waals surface area contributed by atoms with Crippen molar-refractivity contribution in [1.82, 2.24) is 10.3 Å². The number of hydrogen-bond donors (Lipinski definition) is 1. The summed E-state index contributed by atoms with van der Waals surface area (Å²) in [6.45, 7) is 0.0198. The fourth-order valence-corrected chi connectivity index (χ4v) is 4.22. The number of rotatable bonds is 6. The van der Waals surface area contributed by atoms with Crippen molar-refractivity contribution in [2.45, 2.75) is 23.0 Å². The van der Waals surface area contributed by atoms with Gasteiger partial charge in [-0.2, -0.15) is 0 Å². The SMILES string of the molecule is O=C(NC[C@@H](c1cccnc1)S(=O)(=O)c1ccc(Cl)cc1)C1CC1. The number of pyridine rings is 1. The van der Waals surface area contributed by atoms with Crippen molar-refractivity contribution in [3.63, 3.8) is 0 Å². The van der Waals surface area contributed by atoms with Crippen molar-refractivity contribution in [1.29, 1.82) is 0 Å². The molecule has 1 aliphatic carbocycles. The molecule has 7 heteroatoms. The van der Waals surface area contributed by atoms with E-state index in [1.54, 1.807) is 18.3 Å². The van der Waals surface area contributed by atoms with Crippen LogP contribution < -0.4 is 5.32 Å². The van der Waals surface area contributed by atoms with Gasteiger partial charge in [0.25, 0.3) is 0 Å². The van der Waals surface area contributed by atoms with Gasteiger partial charge in [0, 0.05) is 29.9 Å². The molecule has 0 bridgehead atoms. The van der Waals surface area contributed by atoms with Gasteiger partial charge in [-0.05, 0) is 48.7 Å². The minimum Gasteiger partial charge on any atom is -0.354 e. The van der Waals surface area contributed by atoms with E-state index in [2.05, 4.69) is 10.3 Å². The highest BCUT2D eigenvalue weighted by molar-refractivity contribution is 7.91. The van der Waals surface area contributed by atoms with E-state index < -0.39 is 15.1 Å². The first-order valence-corrected chi connectivity index (χ1v) is 9.58. The average molecular weight is 365 g/mol. The smallest absolute Gasteiger partial charge is 0.223 e. The maximum Gasteiger partial charge on any atom is 0.223 e. The summed E-state index contributed by atoms with van der Waals surface area (Å²) in [7, 11) is -3.69. The Balaban J connectivity index is 1.90. The number of amides is 1. The standard InChI is InChI=1S/C17H17ClN2O3S/c18-14-5-7-15(8-6-14)24(22,23)16(13-2-1-9-19-10-13)11-20-17(21)12-3-4-12/h1-2,5-10,12,16H,3-4,11H2,(H,20,21)/t16-/m0/s1. The Morgan fingerprint density at radius 3 is 2.54 bits per heavy atom. The second-order valence-corrected chi connectivity index (χ2v) is 8.36. The third-order valence-corrected chi connectivity index (χ3v) is 6.35. The Labute approximate surface area is 146 Å². The zero-order chi connectivity index (χ0) is 17.2. The number of halogens is 1. The van der Waals surface area contributed by atoms with Crippen LogP contribution in [0.4, 0.5) is 0 Å². The zero-order valence-corrected chi connectivity index (χ0v) is 14.4. The van der Waals surface area contributed by atoms with Gasteiger partial charge in [0.2, 0.25) is 5.91 Å². The molecule has 1 fully saturated rings. The summed E-state index contributed by atoms with van der Waals surface area (Å²) in [5.41, 5.74) is 0.545. The second-order valence-electron chi connectivity index (χ2n) is 5.79. The molecule has 1 atom stereocenters. The molecule has 1 N–H and O–H groups in total. The summed E-state index contributed by atoms with van der Waals surface area (Å²) in [5.74, 6) is -0.0621. The number of hydrogen-bond acceptors (Lipinski definition) is 4. The minimum atomic E-state index is -3.69. The minimum absolute atomic E-state index is 0.0198. The molecule has 0 spiro atoms. The van der Waals surface area contributed by atoms with Crippen molar-refractivity contribution in [3.05, 3.63) is 59.4 Å². The molecular weight excluding hydrogens is 348 g/mol. The first-order valence-electron chi connectivity index (χ1n) is 7.65. The van der Waals surface area contributed by atoms with Crippen LogP contribution in [0.15, 0.2) is 53.7 Å². The lowest BCUT2D eigenvalue weighted by molar-refractivity contribution is -0.122. The summed E-state index contributed by atoms with van der Waals surface area (Å²) in [5, 5.41) is 2.33. The average Bonchev–Trinajstić information content (AvgIpc) is 3.41. The molecular formula is C17H17ClN2O3S. The Morgan fingerprint density at radius 1 is 1.25 bits per heavy atom. The van der Waals surface area contributed by atoms with Gasteiger partial charge in [0.1, 0.15) is 5.25 Å². The van der Waals surface area contributed by atoms with Crippen molar-refractivity contribution in [3.8, 4) is 0 Å². The van der Waals surface area contributed by atoms with Crippen LogP contribution in [-0.2, 0) is 14.6 Å². The van der Waals surface area contributed by atoms with Gasteiger partial charge in [-0.3, -0.25) is 9.78 Å². The predicted molar refractivity (Wildman–Crippen MR) is 91.3 cm³/mol. The van der Waals surface area contributed by atoms with Crippen LogP contribution >= 0.6 is 11.6 Å². The summed E-state index contributed by atoms with van der Waals surface area (Å²) >= 11 is 5.84. The van der Waals surface area contributed by atoms with E-state index in [0.717, 1.165) is 12.8 Å². The topological polar surface area (TPSA) is 76.1 Å². The number of nitrogens with one attached hydrogen (secondary N) is 1. The van der Waals surface area contributed by atoms with Crippen LogP contribution in [0.2, 0.25) is 5.02 Å². The van der Waals surface area contributed by atoms with Crippen LogP contribution in [0.25, 0.3) is 0 Å². The molecule has 1 aliphatic rings. The Kier molecular flexibility index (Phi) is 4.87. The van der Waals surface area contributed by atoms with E-state index in [1.165, 1.54) is 30.5 Å². The molecule has 0 unspecified atom stereocenters. The lowest BCUT2D eigenvalue weighted by Gasteiger charge is -2.18. The van der Waals surface area contributed by atoms with Crippen molar-refractivity contribution < 1.29 is 13.2 Å². The molecule has 1 aromatic carbocycles. The molecule has 0 radical (unpaired) electrons.